The van der Waals surface area contributed by atoms with Crippen LogP contribution in [0.5, 0.6) is 0 Å². The van der Waals surface area contributed by atoms with Gasteiger partial charge in [0, 0.05) is 25.5 Å². The van der Waals surface area contributed by atoms with Crippen LogP contribution in [-0.2, 0) is 16.1 Å². The first-order chi connectivity index (χ1) is 11.5. The molecule has 0 bridgehead atoms. The normalized spacial score (nSPS) is 10.3. The molecule has 0 unspecified atom stereocenters. The molecule has 0 atom stereocenters. The lowest BCUT2D eigenvalue weighted by Gasteiger charge is -2.23. The standard InChI is InChI=1S/C17H16ClFN2O3/c1-24-15(22)7-10-21(11-12-5-8-20-9-6-12)17(23)16-13(18)3-2-4-14(16)19/h2-6,8-9H,7,10-11H2,1H3. The van der Waals surface area contributed by atoms with E-state index in [0.29, 0.717) is 0 Å². The predicted octanol–water partition coefficient (Wildman–Crippen LogP) is 3.08. The van der Waals surface area contributed by atoms with E-state index in [0.717, 1.165) is 5.56 Å². The Morgan fingerprint density at radius 3 is 2.58 bits per heavy atom. The molecule has 0 aliphatic heterocycles. The minimum Gasteiger partial charge on any atom is -0.469 e. The molecule has 1 aromatic carbocycles. The van der Waals surface area contributed by atoms with Gasteiger partial charge in [0.05, 0.1) is 24.1 Å². The van der Waals surface area contributed by atoms with Crippen LogP contribution in [-0.4, -0.2) is 35.4 Å². The van der Waals surface area contributed by atoms with E-state index in [-0.39, 0.29) is 30.1 Å². The van der Waals surface area contributed by atoms with Crippen LogP contribution in [0.25, 0.3) is 0 Å². The maximum atomic E-state index is 14.0. The Bertz CT molecular complexity index is 705. The molecule has 0 N–H and O–H groups in total. The molecule has 0 saturated heterocycles. The van der Waals surface area contributed by atoms with Crippen molar-refractivity contribution in [1.29, 1.82) is 0 Å². The molecule has 0 aliphatic carbocycles. The summed E-state index contributed by atoms with van der Waals surface area (Å²) in [5.74, 6) is -1.74. The number of methoxy groups -OCH3 is 1. The summed E-state index contributed by atoms with van der Waals surface area (Å²) in [5.41, 5.74) is 0.591. The molecule has 1 heterocycles. The van der Waals surface area contributed by atoms with Crippen LogP contribution in [0, 0.1) is 5.82 Å². The number of rotatable bonds is 6. The van der Waals surface area contributed by atoms with Crippen molar-refractivity contribution in [2.24, 2.45) is 0 Å². The fourth-order valence-corrected chi connectivity index (χ4v) is 2.39. The van der Waals surface area contributed by atoms with Gasteiger partial charge in [0.15, 0.2) is 0 Å². The van der Waals surface area contributed by atoms with Crippen LogP contribution in [0.15, 0.2) is 42.7 Å². The van der Waals surface area contributed by atoms with Crippen molar-refractivity contribution < 1.29 is 18.7 Å². The van der Waals surface area contributed by atoms with Gasteiger partial charge < -0.3 is 9.64 Å². The van der Waals surface area contributed by atoms with E-state index in [2.05, 4.69) is 9.72 Å². The van der Waals surface area contributed by atoms with Crippen molar-refractivity contribution in [2.75, 3.05) is 13.7 Å². The minimum atomic E-state index is -0.703. The molecular formula is C17H16ClFN2O3. The zero-order valence-corrected chi connectivity index (χ0v) is 13.8. The van der Waals surface area contributed by atoms with Gasteiger partial charge in [-0.2, -0.15) is 0 Å². The third-order valence-corrected chi connectivity index (χ3v) is 3.72. The molecule has 7 heteroatoms. The molecule has 126 valence electrons. The Hall–Kier alpha value is -2.47. The Balaban J connectivity index is 2.26. The zero-order chi connectivity index (χ0) is 17.5. The number of carbonyl (C=O) groups excluding carboxylic acids is 2. The Morgan fingerprint density at radius 1 is 1.25 bits per heavy atom. The van der Waals surface area contributed by atoms with Crippen molar-refractivity contribution in [3.8, 4) is 0 Å². The number of amides is 1. The molecule has 1 aromatic heterocycles. The quantitative estimate of drug-likeness (QED) is 0.751. The number of carbonyl (C=O) groups is 2. The van der Waals surface area contributed by atoms with Crippen LogP contribution < -0.4 is 0 Å². The second kappa shape index (κ2) is 8.40. The van der Waals surface area contributed by atoms with Crippen molar-refractivity contribution in [3.63, 3.8) is 0 Å². The molecule has 0 radical (unpaired) electrons. The first kappa shape index (κ1) is 17.9. The summed E-state index contributed by atoms with van der Waals surface area (Å²) in [6, 6.07) is 7.52. The smallest absolute Gasteiger partial charge is 0.307 e. The average Bonchev–Trinajstić information content (AvgIpc) is 2.58. The molecule has 5 nitrogen and oxygen atoms in total. The highest BCUT2D eigenvalue weighted by atomic mass is 35.5. The van der Waals surface area contributed by atoms with Gasteiger partial charge in [-0.05, 0) is 29.8 Å². The average molecular weight is 351 g/mol. The molecule has 2 rings (SSSR count). The molecular weight excluding hydrogens is 335 g/mol. The molecule has 0 aliphatic rings. The third-order valence-electron chi connectivity index (χ3n) is 3.40. The van der Waals surface area contributed by atoms with E-state index in [9.17, 15) is 14.0 Å². The SMILES string of the molecule is COC(=O)CCN(Cc1ccncc1)C(=O)c1c(F)cccc1Cl. The Morgan fingerprint density at radius 2 is 1.96 bits per heavy atom. The number of ether oxygens (including phenoxy) is 1. The summed E-state index contributed by atoms with van der Waals surface area (Å²) in [5, 5.41) is 0.0257. The van der Waals surface area contributed by atoms with Crippen molar-refractivity contribution in [3.05, 3.63) is 64.7 Å². The van der Waals surface area contributed by atoms with Crippen LogP contribution in [0.2, 0.25) is 5.02 Å². The summed E-state index contributed by atoms with van der Waals surface area (Å²) >= 11 is 5.97. The zero-order valence-electron chi connectivity index (χ0n) is 13.0. The highest BCUT2D eigenvalue weighted by Gasteiger charge is 2.23. The van der Waals surface area contributed by atoms with Gasteiger partial charge in [0.25, 0.3) is 5.91 Å². The summed E-state index contributed by atoms with van der Waals surface area (Å²) < 4.78 is 18.6. The number of nitrogens with zero attached hydrogens (tertiary/aromatic N) is 2. The first-order valence-electron chi connectivity index (χ1n) is 7.22. The fourth-order valence-electron chi connectivity index (χ4n) is 2.15. The Labute approximate surface area is 144 Å². The number of hydrogen-bond acceptors (Lipinski definition) is 4. The van der Waals surface area contributed by atoms with Gasteiger partial charge in [-0.25, -0.2) is 4.39 Å². The molecule has 24 heavy (non-hydrogen) atoms. The number of aromatic nitrogens is 1. The van der Waals surface area contributed by atoms with E-state index in [1.165, 1.54) is 30.2 Å². The van der Waals surface area contributed by atoms with Gasteiger partial charge in [-0.15, -0.1) is 0 Å². The second-order valence-corrected chi connectivity index (χ2v) is 5.41. The summed E-state index contributed by atoms with van der Waals surface area (Å²) in [4.78, 5) is 29.4. The lowest BCUT2D eigenvalue weighted by molar-refractivity contribution is -0.140. The topological polar surface area (TPSA) is 59.5 Å². The monoisotopic (exact) mass is 350 g/mol. The van der Waals surface area contributed by atoms with Crippen molar-refractivity contribution >= 4 is 23.5 Å². The number of hydrogen-bond donors (Lipinski definition) is 0. The molecule has 0 spiro atoms. The number of halogens is 2. The molecule has 2 aromatic rings. The molecule has 0 fully saturated rings. The largest absolute Gasteiger partial charge is 0.469 e. The van der Waals surface area contributed by atoms with Crippen molar-refractivity contribution in [1.82, 2.24) is 9.88 Å². The van der Waals surface area contributed by atoms with Crippen LogP contribution >= 0.6 is 11.6 Å². The summed E-state index contributed by atoms with van der Waals surface area (Å²) in [6.07, 6.45) is 3.18. The minimum absolute atomic E-state index is 0.000600. The van der Waals surface area contributed by atoms with Crippen LogP contribution in [0.1, 0.15) is 22.3 Å². The first-order valence-corrected chi connectivity index (χ1v) is 7.59. The molecule has 0 saturated carbocycles. The predicted molar refractivity (Wildman–Crippen MR) is 87.0 cm³/mol. The van der Waals surface area contributed by atoms with E-state index in [1.807, 2.05) is 0 Å². The lowest BCUT2D eigenvalue weighted by Crippen LogP contribution is -2.33. The van der Waals surface area contributed by atoms with E-state index < -0.39 is 17.7 Å². The third kappa shape index (κ3) is 4.52. The number of pyridine rings is 1. The summed E-state index contributed by atoms with van der Waals surface area (Å²) in [6.45, 7) is 0.279. The van der Waals surface area contributed by atoms with Gasteiger partial charge >= 0.3 is 5.97 Å². The number of esters is 1. The van der Waals surface area contributed by atoms with Crippen molar-refractivity contribution in [2.45, 2.75) is 13.0 Å². The highest BCUT2D eigenvalue weighted by molar-refractivity contribution is 6.33. The van der Waals surface area contributed by atoms with Crippen LogP contribution in [0.3, 0.4) is 0 Å². The maximum Gasteiger partial charge on any atom is 0.307 e. The van der Waals surface area contributed by atoms with Gasteiger partial charge in [-0.3, -0.25) is 14.6 Å². The van der Waals surface area contributed by atoms with E-state index in [4.69, 9.17) is 11.6 Å². The fraction of sp³-hybridized carbons (Fsp3) is 0.235. The van der Waals surface area contributed by atoms with Gasteiger partial charge in [0.2, 0.25) is 0 Å². The summed E-state index contributed by atoms with van der Waals surface area (Å²) in [7, 11) is 1.27. The maximum absolute atomic E-state index is 14.0. The number of benzene rings is 1. The highest BCUT2D eigenvalue weighted by Crippen LogP contribution is 2.22. The van der Waals surface area contributed by atoms with Gasteiger partial charge in [0.1, 0.15) is 5.82 Å². The van der Waals surface area contributed by atoms with E-state index >= 15 is 0 Å². The molecule has 1 amide bonds. The van der Waals surface area contributed by atoms with Crippen LogP contribution in [0.4, 0.5) is 4.39 Å². The lowest BCUT2D eigenvalue weighted by atomic mass is 10.1. The van der Waals surface area contributed by atoms with Gasteiger partial charge in [-0.1, -0.05) is 17.7 Å². The Kier molecular flexibility index (Phi) is 6.26. The second-order valence-electron chi connectivity index (χ2n) is 5.00. The van der Waals surface area contributed by atoms with E-state index in [1.54, 1.807) is 24.5 Å².